The zero-order valence-electron chi connectivity index (χ0n) is 8.66. The highest BCUT2D eigenvalue weighted by Crippen LogP contribution is 2.08. The van der Waals surface area contributed by atoms with Gasteiger partial charge in [0.25, 0.3) is 5.56 Å². The Labute approximate surface area is 86.6 Å². The number of aliphatic hydroxyl groups is 1. The monoisotopic (exact) mass is 207 g/mol. The molecule has 0 aliphatic carbocycles. The second-order valence-corrected chi connectivity index (χ2v) is 3.65. The van der Waals surface area contributed by atoms with Gasteiger partial charge in [0.1, 0.15) is 5.52 Å². The lowest BCUT2D eigenvalue weighted by molar-refractivity contribution is 0.137. The van der Waals surface area contributed by atoms with Crippen molar-refractivity contribution in [2.45, 2.75) is 26.0 Å². The Morgan fingerprint density at radius 1 is 1.40 bits per heavy atom. The number of nitrogens with zero attached hydrogens (tertiary/aromatic N) is 3. The number of aliphatic hydroxyl groups excluding tert-OH is 1. The molecule has 2 rings (SSSR count). The van der Waals surface area contributed by atoms with Crippen LogP contribution in [0.4, 0.5) is 0 Å². The van der Waals surface area contributed by atoms with Crippen molar-refractivity contribution in [1.29, 1.82) is 0 Å². The minimum absolute atomic E-state index is 0.136. The summed E-state index contributed by atoms with van der Waals surface area (Å²) in [5, 5.41) is 13.4. The molecular formula is C10H13N3O2. The Kier molecular flexibility index (Phi) is 2.32. The molecule has 1 N–H and O–H groups in total. The zero-order chi connectivity index (χ0) is 11.0. The van der Waals surface area contributed by atoms with Gasteiger partial charge in [-0.2, -0.15) is 5.10 Å². The summed E-state index contributed by atoms with van der Waals surface area (Å²) in [5.41, 5.74) is 0.383. The van der Waals surface area contributed by atoms with Gasteiger partial charge in [0.05, 0.1) is 18.3 Å². The Balaban J connectivity index is 2.62. The van der Waals surface area contributed by atoms with Gasteiger partial charge in [-0.25, -0.2) is 4.52 Å². The molecule has 5 heteroatoms. The molecule has 0 aliphatic rings. The Hall–Kier alpha value is -1.62. The van der Waals surface area contributed by atoms with Crippen molar-refractivity contribution in [2.24, 2.45) is 0 Å². The summed E-state index contributed by atoms with van der Waals surface area (Å²) in [4.78, 5) is 11.9. The quantitative estimate of drug-likeness (QED) is 0.777. The number of rotatable bonds is 2. The maximum atomic E-state index is 11.9. The van der Waals surface area contributed by atoms with Crippen LogP contribution in [0.2, 0.25) is 0 Å². The van der Waals surface area contributed by atoms with Crippen molar-refractivity contribution in [3.05, 3.63) is 35.0 Å². The second kappa shape index (κ2) is 3.51. The van der Waals surface area contributed by atoms with Crippen LogP contribution < -0.4 is 5.56 Å². The third kappa shape index (κ3) is 1.55. The molecule has 0 saturated heterocycles. The minimum Gasteiger partial charge on any atom is -0.391 e. The van der Waals surface area contributed by atoms with E-state index >= 15 is 0 Å². The van der Waals surface area contributed by atoms with Crippen LogP contribution in [-0.2, 0) is 0 Å². The summed E-state index contributed by atoms with van der Waals surface area (Å²) in [6.45, 7) is 3.47. The first-order chi connectivity index (χ1) is 7.11. The van der Waals surface area contributed by atoms with Crippen LogP contribution in [0.1, 0.15) is 19.9 Å². The van der Waals surface area contributed by atoms with Crippen LogP contribution in [0.15, 0.2) is 29.5 Å². The number of aromatic nitrogens is 3. The average molecular weight is 207 g/mol. The minimum atomic E-state index is -0.562. The van der Waals surface area contributed by atoms with E-state index < -0.39 is 6.10 Å². The van der Waals surface area contributed by atoms with Crippen LogP contribution in [-0.4, -0.2) is 25.4 Å². The van der Waals surface area contributed by atoms with Gasteiger partial charge in [-0.15, -0.1) is 0 Å². The molecule has 0 aliphatic heterocycles. The number of hydrogen-bond acceptors (Lipinski definition) is 3. The lowest BCUT2D eigenvalue weighted by Gasteiger charge is -2.17. The summed E-state index contributed by atoms with van der Waals surface area (Å²) in [6, 6.07) is 1.42. The van der Waals surface area contributed by atoms with Gasteiger partial charge in [-0.1, -0.05) is 0 Å². The summed E-state index contributed by atoms with van der Waals surface area (Å²) in [7, 11) is 0. The predicted molar refractivity (Wildman–Crippen MR) is 55.8 cm³/mol. The maximum absolute atomic E-state index is 11.9. The first kappa shape index (κ1) is 9.92. The van der Waals surface area contributed by atoms with Gasteiger partial charge in [0.2, 0.25) is 0 Å². The highest BCUT2D eigenvalue weighted by molar-refractivity contribution is 5.42. The molecule has 0 radical (unpaired) electrons. The molecule has 0 amide bonds. The Morgan fingerprint density at radius 3 is 2.80 bits per heavy atom. The highest BCUT2D eigenvalue weighted by atomic mass is 16.3. The molecule has 0 fully saturated rings. The fourth-order valence-corrected chi connectivity index (χ4v) is 1.49. The van der Waals surface area contributed by atoms with Crippen LogP contribution >= 0.6 is 0 Å². The first-order valence-corrected chi connectivity index (χ1v) is 4.84. The summed E-state index contributed by atoms with van der Waals surface area (Å²) >= 11 is 0. The van der Waals surface area contributed by atoms with E-state index in [1.807, 2.05) is 0 Å². The summed E-state index contributed by atoms with van der Waals surface area (Å²) in [6.07, 6.45) is 4.36. The molecule has 5 nitrogen and oxygen atoms in total. The molecule has 2 aromatic heterocycles. The SMILES string of the molecule is CC(O)C(C)n1ccn2nccc2c1=O. The van der Waals surface area contributed by atoms with Gasteiger partial charge in [-0.05, 0) is 19.9 Å². The Morgan fingerprint density at radius 2 is 2.13 bits per heavy atom. The van der Waals surface area contributed by atoms with E-state index in [1.54, 1.807) is 38.5 Å². The fourth-order valence-electron chi connectivity index (χ4n) is 1.49. The second-order valence-electron chi connectivity index (χ2n) is 3.65. The summed E-state index contributed by atoms with van der Waals surface area (Å²) in [5.74, 6) is 0. The smallest absolute Gasteiger partial charge is 0.276 e. The van der Waals surface area contributed by atoms with Gasteiger partial charge < -0.3 is 9.67 Å². The van der Waals surface area contributed by atoms with E-state index in [4.69, 9.17) is 0 Å². The van der Waals surface area contributed by atoms with Gasteiger partial charge in [0.15, 0.2) is 0 Å². The van der Waals surface area contributed by atoms with Crippen LogP contribution in [0.5, 0.6) is 0 Å². The van der Waals surface area contributed by atoms with Crippen LogP contribution in [0, 0.1) is 0 Å². The molecule has 2 unspecified atom stereocenters. The topological polar surface area (TPSA) is 59.5 Å². The van der Waals surface area contributed by atoms with Gasteiger partial charge >= 0.3 is 0 Å². The molecule has 0 spiro atoms. The van der Waals surface area contributed by atoms with Crippen molar-refractivity contribution in [3.63, 3.8) is 0 Å². The van der Waals surface area contributed by atoms with Crippen LogP contribution in [0.25, 0.3) is 5.52 Å². The lowest BCUT2D eigenvalue weighted by Crippen LogP contribution is -2.29. The van der Waals surface area contributed by atoms with Gasteiger partial charge in [-0.3, -0.25) is 4.79 Å². The van der Waals surface area contributed by atoms with E-state index in [2.05, 4.69) is 5.10 Å². The van der Waals surface area contributed by atoms with Crippen molar-refractivity contribution < 1.29 is 5.11 Å². The van der Waals surface area contributed by atoms with Gasteiger partial charge in [0, 0.05) is 12.4 Å². The standard InChI is InChI=1S/C10H13N3O2/c1-7(8(2)14)12-5-6-13-9(10(12)15)3-4-11-13/h3-8,14H,1-2H3. The van der Waals surface area contributed by atoms with E-state index in [9.17, 15) is 9.90 Å². The molecule has 15 heavy (non-hydrogen) atoms. The van der Waals surface area contributed by atoms with E-state index in [1.165, 1.54) is 9.08 Å². The molecule has 2 aromatic rings. The summed E-state index contributed by atoms with van der Waals surface area (Å²) < 4.78 is 3.04. The Bertz CT molecular complexity index is 527. The fraction of sp³-hybridized carbons (Fsp3) is 0.400. The van der Waals surface area contributed by atoms with Crippen molar-refractivity contribution >= 4 is 5.52 Å². The molecule has 80 valence electrons. The maximum Gasteiger partial charge on any atom is 0.276 e. The normalized spacial score (nSPS) is 15.4. The van der Waals surface area contributed by atoms with Crippen LogP contribution in [0.3, 0.4) is 0 Å². The molecule has 0 saturated carbocycles. The molecule has 2 atom stereocenters. The highest BCUT2D eigenvalue weighted by Gasteiger charge is 2.13. The third-order valence-electron chi connectivity index (χ3n) is 2.63. The predicted octanol–water partition coefficient (Wildman–Crippen LogP) is 0.438. The lowest BCUT2D eigenvalue weighted by atomic mass is 10.2. The number of fused-ring (bicyclic) bond motifs is 1. The van der Waals surface area contributed by atoms with E-state index in [0.717, 1.165) is 0 Å². The average Bonchev–Trinajstić information content (AvgIpc) is 2.66. The largest absolute Gasteiger partial charge is 0.391 e. The third-order valence-corrected chi connectivity index (χ3v) is 2.63. The van der Waals surface area contributed by atoms with Crippen molar-refractivity contribution in [1.82, 2.24) is 14.2 Å². The van der Waals surface area contributed by atoms with E-state index in [-0.39, 0.29) is 11.6 Å². The molecule has 0 aromatic carbocycles. The number of hydrogen-bond donors (Lipinski definition) is 1. The van der Waals surface area contributed by atoms with Crippen molar-refractivity contribution in [3.8, 4) is 0 Å². The molecule has 2 heterocycles. The van der Waals surface area contributed by atoms with Crippen molar-refractivity contribution in [2.75, 3.05) is 0 Å². The first-order valence-electron chi connectivity index (χ1n) is 4.84. The molecule has 0 bridgehead atoms. The van der Waals surface area contributed by atoms with E-state index in [0.29, 0.717) is 5.52 Å². The zero-order valence-corrected chi connectivity index (χ0v) is 8.66. The molecular weight excluding hydrogens is 194 g/mol.